The highest BCUT2D eigenvalue weighted by atomic mass is 16.5. The van der Waals surface area contributed by atoms with E-state index in [-0.39, 0.29) is 16.2 Å². The van der Waals surface area contributed by atoms with Gasteiger partial charge in [0.05, 0.1) is 0 Å². The minimum absolute atomic E-state index is 0.0730. The molecule has 5 aromatic rings. The summed E-state index contributed by atoms with van der Waals surface area (Å²) < 4.78 is 11.9. The first-order valence-electron chi connectivity index (χ1n) is 14.6. The molecule has 1 heterocycles. The number of nitrogens with zero attached hydrogens (tertiary/aromatic N) is 1. The van der Waals surface area contributed by atoms with E-state index in [1.807, 2.05) is 60.7 Å². The number of aromatic hydroxyl groups is 1. The molecule has 0 unspecified atom stereocenters. The second-order valence-electron chi connectivity index (χ2n) is 14.0. The van der Waals surface area contributed by atoms with Gasteiger partial charge in [0.2, 0.25) is 0 Å². The average Bonchev–Trinajstić information content (AvgIpc) is 2.92. The van der Waals surface area contributed by atoms with Crippen molar-refractivity contribution in [1.29, 1.82) is 0 Å². The van der Waals surface area contributed by atoms with Crippen molar-refractivity contribution >= 4 is 11.1 Å². The number of phenols is 1. The van der Waals surface area contributed by atoms with Gasteiger partial charge in [-0.15, -0.1) is 0 Å². The molecule has 0 saturated carbocycles. The Morgan fingerprint density at radius 3 is 1.72 bits per heavy atom. The number of rotatable bonds is 3. The van der Waals surface area contributed by atoms with Gasteiger partial charge < -0.3 is 14.3 Å². The second kappa shape index (κ2) is 12.1. The molecule has 1 N–H and O–H groups in total. The Morgan fingerprint density at radius 1 is 0.674 bits per heavy atom. The molecule has 5 rings (SSSR count). The Balaban J connectivity index is 0.000000324. The first-order chi connectivity index (χ1) is 20.0. The molecule has 0 aliphatic heterocycles. The largest absolute Gasteiger partial charge is 0.508 e. The fourth-order valence-corrected chi connectivity index (χ4v) is 4.59. The second-order valence-corrected chi connectivity index (χ2v) is 14.0. The van der Waals surface area contributed by atoms with Gasteiger partial charge in [-0.25, -0.2) is 9.78 Å². The van der Waals surface area contributed by atoms with Crippen molar-refractivity contribution in [3.05, 3.63) is 118 Å². The van der Waals surface area contributed by atoms with Gasteiger partial charge in [0.1, 0.15) is 22.8 Å². The number of aromatic nitrogens is 1. The van der Waals surface area contributed by atoms with Crippen LogP contribution in [0.2, 0.25) is 0 Å². The lowest BCUT2D eigenvalue weighted by atomic mass is 9.86. The summed E-state index contributed by atoms with van der Waals surface area (Å²) in [7, 11) is 0. The molecular weight excluding hydrogens is 534 g/mol. The third-order valence-corrected chi connectivity index (χ3v) is 7.23. The Morgan fingerprint density at radius 2 is 1.21 bits per heavy atom. The Hall–Kier alpha value is -4.38. The summed E-state index contributed by atoms with van der Waals surface area (Å²) >= 11 is 0. The highest BCUT2D eigenvalue weighted by Crippen LogP contribution is 2.37. The van der Waals surface area contributed by atoms with Crippen LogP contribution >= 0.6 is 0 Å². The average molecular weight is 578 g/mol. The van der Waals surface area contributed by atoms with Crippen LogP contribution in [0.3, 0.4) is 0 Å². The minimum Gasteiger partial charge on any atom is -0.508 e. The maximum Gasteiger partial charge on any atom is 0.363 e. The van der Waals surface area contributed by atoms with Crippen molar-refractivity contribution < 1.29 is 14.3 Å². The SMILES string of the molecule is CC(C)(C)c1ccc(O)cc1.CC(C)(C)c1ccc(Oc2cc3oc(=O)c(-c4ccccc4)nc3cc2C(C)(C)C)cc1. The number of benzene rings is 4. The monoisotopic (exact) mass is 577 g/mol. The highest BCUT2D eigenvalue weighted by molar-refractivity contribution is 5.78. The standard InChI is InChI=1S/C28H29NO3.C10H14O/c1-27(2,3)19-12-14-20(15-13-19)31-23-17-24-22(16-21(23)28(4,5)6)29-25(26(30)32-24)18-10-8-7-9-11-18;1-10(2,3)8-4-6-9(11)7-5-8/h7-17H,1-6H3;4-7,11H,1-3H3. The zero-order chi connectivity index (χ0) is 31.6. The third-order valence-electron chi connectivity index (χ3n) is 7.23. The predicted molar refractivity (Wildman–Crippen MR) is 176 cm³/mol. The molecule has 43 heavy (non-hydrogen) atoms. The van der Waals surface area contributed by atoms with Crippen LogP contribution in [0.4, 0.5) is 0 Å². The molecule has 5 nitrogen and oxygen atoms in total. The normalized spacial score (nSPS) is 12.0. The van der Waals surface area contributed by atoms with E-state index in [4.69, 9.17) is 14.3 Å². The molecule has 5 heteroatoms. The summed E-state index contributed by atoms with van der Waals surface area (Å²) in [5, 5.41) is 9.02. The lowest BCUT2D eigenvalue weighted by Gasteiger charge is -2.23. The molecular formula is C38H43NO4. The molecule has 0 aliphatic carbocycles. The molecule has 0 atom stereocenters. The first kappa shape index (κ1) is 31.6. The molecule has 224 valence electrons. The van der Waals surface area contributed by atoms with Crippen LogP contribution < -0.4 is 10.4 Å². The van der Waals surface area contributed by atoms with Crippen molar-refractivity contribution in [1.82, 2.24) is 4.98 Å². The molecule has 0 radical (unpaired) electrons. The quantitative estimate of drug-likeness (QED) is 0.231. The first-order valence-corrected chi connectivity index (χ1v) is 14.6. The summed E-state index contributed by atoms with van der Waals surface area (Å²) in [6.45, 7) is 19.4. The molecule has 0 amide bonds. The van der Waals surface area contributed by atoms with E-state index in [9.17, 15) is 4.79 Å². The molecule has 0 bridgehead atoms. The van der Waals surface area contributed by atoms with Gasteiger partial charge in [0.25, 0.3) is 0 Å². The lowest BCUT2D eigenvalue weighted by Crippen LogP contribution is -2.14. The number of ether oxygens (including phenoxy) is 1. The molecule has 1 aromatic heterocycles. The lowest BCUT2D eigenvalue weighted by molar-refractivity contribution is 0.453. The van der Waals surface area contributed by atoms with Gasteiger partial charge in [-0.1, -0.05) is 117 Å². The Bertz CT molecular complexity index is 1730. The van der Waals surface area contributed by atoms with Crippen LogP contribution in [0.15, 0.2) is 100 Å². The van der Waals surface area contributed by atoms with Crippen molar-refractivity contribution in [3.8, 4) is 28.5 Å². The summed E-state index contributed by atoms with van der Waals surface area (Å²) in [6.07, 6.45) is 0. The van der Waals surface area contributed by atoms with Crippen LogP contribution in [-0.4, -0.2) is 10.1 Å². The van der Waals surface area contributed by atoms with Gasteiger partial charge >= 0.3 is 5.63 Å². The fraction of sp³-hybridized carbons (Fsp3) is 0.316. The number of fused-ring (bicyclic) bond motifs is 1. The summed E-state index contributed by atoms with van der Waals surface area (Å²) in [5.74, 6) is 1.72. The molecule has 0 spiro atoms. The fourth-order valence-electron chi connectivity index (χ4n) is 4.59. The number of phenolic OH excluding ortho intramolecular Hbond substituents is 1. The van der Waals surface area contributed by atoms with Crippen molar-refractivity contribution in [2.24, 2.45) is 0 Å². The number of hydrogen-bond donors (Lipinski definition) is 1. The van der Waals surface area contributed by atoms with Crippen LogP contribution in [0, 0.1) is 0 Å². The molecule has 0 aliphatic rings. The van der Waals surface area contributed by atoms with E-state index in [1.165, 1.54) is 11.1 Å². The zero-order valence-electron chi connectivity index (χ0n) is 26.8. The Labute approximate surface area is 255 Å². The van der Waals surface area contributed by atoms with E-state index >= 15 is 0 Å². The van der Waals surface area contributed by atoms with Crippen molar-refractivity contribution in [3.63, 3.8) is 0 Å². The predicted octanol–water partition coefficient (Wildman–Crippen LogP) is 9.93. The topological polar surface area (TPSA) is 72.6 Å². The van der Waals surface area contributed by atoms with Gasteiger partial charge in [-0.05, 0) is 57.7 Å². The summed E-state index contributed by atoms with van der Waals surface area (Å²) in [5.41, 5.74) is 5.14. The minimum atomic E-state index is -0.465. The number of hydrogen-bond acceptors (Lipinski definition) is 5. The van der Waals surface area contributed by atoms with Crippen LogP contribution in [0.25, 0.3) is 22.4 Å². The Kier molecular flexibility index (Phi) is 8.87. The van der Waals surface area contributed by atoms with E-state index in [0.717, 1.165) is 16.9 Å². The smallest absolute Gasteiger partial charge is 0.363 e. The highest BCUT2D eigenvalue weighted by Gasteiger charge is 2.23. The van der Waals surface area contributed by atoms with Crippen molar-refractivity contribution in [2.75, 3.05) is 0 Å². The third kappa shape index (κ3) is 7.92. The maximum atomic E-state index is 12.6. The summed E-state index contributed by atoms with van der Waals surface area (Å²) in [6, 6.07) is 28.6. The van der Waals surface area contributed by atoms with Crippen LogP contribution in [-0.2, 0) is 16.2 Å². The van der Waals surface area contributed by atoms with Gasteiger partial charge in [0.15, 0.2) is 11.3 Å². The maximum absolute atomic E-state index is 12.6. The van der Waals surface area contributed by atoms with E-state index in [2.05, 4.69) is 79.4 Å². The van der Waals surface area contributed by atoms with Gasteiger partial charge in [0, 0.05) is 17.2 Å². The van der Waals surface area contributed by atoms with Crippen LogP contribution in [0.5, 0.6) is 17.2 Å². The molecule has 4 aromatic carbocycles. The van der Waals surface area contributed by atoms with Gasteiger partial charge in [-0.2, -0.15) is 0 Å². The van der Waals surface area contributed by atoms with E-state index in [0.29, 0.717) is 28.3 Å². The zero-order valence-corrected chi connectivity index (χ0v) is 26.8. The van der Waals surface area contributed by atoms with E-state index < -0.39 is 5.63 Å². The molecule has 0 saturated heterocycles. The van der Waals surface area contributed by atoms with E-state index in [1.54, 1.807) is 18.2 Å². The van der Waals surface area contributed by atoms with Crippen LogP contribution in [0.1, 0.15) is 79.0 Å². The molecule has 0 fully saturated rings. The van der Waals surface area contributed by atoms with Gasteiger partial charge in [-0.3, -0.25) is 0 Å². The van der Waals surface area contributed by atoms with Crippen molar-refractivity contribution in [2.45, 2.75) is 78.6 Å². The summed E-state index contributed by atoms with van der Waals surface area (Å²) in [4.78, 5) is 17.3.